The summed E-state index contributed by atoms with van der Waals surface area (Å²) in [4.78, 5) is 11.4. The van der Waals surface area contributed by atoms with Crippen molar-refractivity contribution in [2.24, 2.45) is 5.92 Å². The van der Waals surface area contributed by atoms with E-state index in [0.717, 1.165) is 0 Å². The topological polar surface area (TPSA) is 69.7 Å². The van der Waals surface area contributed by atoms with Crippen molar-refractivity contribution in [1.82, 2.24) is 0 Å². The molecule has 9 heteroatoms. The molecule has 0 aromatic rings. The number of allylic oxidation sites excluding steroid dienone is 2. The second-order valence-electron chi connectivity index (χ2n) is 3.88. The molecule has 19 heavy (non-hydrogen) atoms. The fourth-order valence-electron chi connectivity index (χ4n) is 1.55. The van der Waals surface area contributed by atoms with E-state index < -0.39 is 27.5 Å². The van der Waals surface area contributed by atoms with Gasteiger partial charge in [-0.15, -0.1) is 0 Å². The summed E-state index contributed by atoms with van der Waals surface area (Å²) in [6.07, 6.45) is 1.41. The molecule has 0 radical (unpaired) electrons. The molecule has 0 saturated heterocycles. The van der Waals surface area contributed by atoms with Gasteiger partial charge in [-0.1, -0.05) is 0 Å². The molecular weight excluding hydrogens is 289 g/mol. The summed E-state index contributed by atoms with van der Waals surface area (Å²) in [5, 5.41) is 0. The Kier molecular flexibility index (Phi) is 4.83. The van der Waals surface area contributed by atoms with Gasteiger partial charge in [-0.3, -0.25) is 4.79 Å². The summed E-state index contributed by atoms with van der Waals surface area (Å²) in [6, 6.07) is 0. The Morgan fingerprint density at radius 2 is 2.11 bits per heavy atom. The first kappa shape index (κ1) is 15.8. The number of esters is 1. The van der Waals surface area contributed by atoms with E-state index >= 15 is 0 Å². The highest BCUT2D eigenvalue weighted by Gasteiger charge is 2.49. The highest BCUT2D eigenvalue weighted by atomic mass is 32.2. The maximum atomic E-state index is 12.1. The van der Waals surface area contributed by atoms with Crippen molar-refractivity contribution in [1.29, 1.82) is 0 Å². The van der Waals surface area contributed by atoms with Crippen LogP contribution in [-0.4, -0.2) is 26.5 Å². The first-order valence-electron chi connectivity index (χ1n) is 5.53. The average Bonchev–Trinajstić information content (AvgIpc) is 2.28. The van der Waals surface area contributed by atoms with E-state index in [1.54, 1.807) is 6.92 Å². The van der Waals surface area contributed by atoms with Gasteiger partial charge in [0.25, 0.3) is 0 Å². The maximum Gasteiger partial charge on any atom is 0.534 e. The van der Waals surface area contributed by atoms with E-state index in [4.69, 9.17) is 4.74 Å². The van der Waals surface area contributed by atoms with E-state index in [1.807, 2.05) is 0 Å². The van der Waals surface area contributed by atoms with E-state index in [2.05, 4.69) is 4.18 Å². The monoisotopic (exact) mass is 302 g/mol. The van der Waals surface area contributed by atoms with Crippen LogP contribution in [0, 0.1) is 5.92 Å². The van der Waals surface area contributed by atoms with Crippen LogP contribution in [0.25, 0.3) is 0 Å². The summed E-state index contributed by atoms with van der Waals surface area (Å²) in [6.45, 7) is 1.85. The summed E-state index contributed by atoms with van der Waals surface area (Å²) in [5.74, 6) is -1.21. The highest BCUT2D eigenvalue weighted by molar-refractivity contribution is 7.87. The number of hydrogen-bond acceptors (Lipinski definition) is 5. The van der Waals surface area contributed by atoms with Gasteiger partial charge in [0.05, 0.1) is 12.5 Å². The van der Waals surface area contributed by atoms with Gasteiger partial charge in [-0.2, -0.15) is 21.6 Å². The van der Waals surface area contributed by atoms with Crippen LogP contribution in [0.5, 0.6) is 0 Å². The SMILES string of the molecule is CCOC(=O)[C@H]1CC=C(OS(=O)(=O)C(F)(F)F)CC1. The van der Waals surface area contributed by atoms with Crippen molar-refractivity contribution in [2.75, 3.05) is 6.61 Å². The van der Waals surface area contributed by atoms with Gasteiger partial charge in [0.1, 0.15) is 5.76 Å². The van der Waals surface area contributed by atoms with Gasteiger partial charge < -0.3 is 8.92 Å². The van der Waals surface area contributed by atoms with Crippen molar-refractivity contribution in [3.63, 3.8) is 0 Å². The quantitative estimate of drug-likeness (QED) is 0.452. The summed E-state index contributed by atoms with van der Waals surface area (Å²) < 4.78 is 66.5. The number of ether oxygens (including phenoxy) is 1. The lowest BCUT2D eigenvalue weighted by atomic mass is 9.93. The molecule has 0 bridgehead atoms. The third-order valence-corrected chi connectivity index (χ3v) is 3.49. The lowest BCUT2D eigenvalue weighted by Gasteiger charge is -2.20. The summed E-state index contributed by atoms with van der Waals surface area (Å²) in [5.41, 5.74) is -5.45. The molecule has 0 saturated carbocycles. The minimum absolute atomic E-state index is 0.0568. The Morgan fingerprint density at radius 3 is 2.53 bits per heavy atom. The molecule has 0 aromatic heterocycles. The minimum atomic E-state index is -5.63. The molecular formula is C10H13F3O5S. The van der Waals surface area contributed by atoms with Gasteiger partial charge in [0.15, 0.2) is 0 Å². The molecule has 0 fully saturated rings. The van der Waals surface area contributed by atoms with Crippen LogP contribution < -0.4 is 0 Å². The average molecular weight is 302 g/mol. The Bertz CT molecular complexity index is 466. The lowest BCUT2D eigenvalue weighted by molar-refractivity contribution is -0.148. The summed E-state index contributed by atoms with van der Waals surface area (Å²) in [7, 11) is -5.63. The van der Waals surface area contributed by atoms with Crippen molar-refractivity contribution in [3.8, 4) is 0 Å². The summed E-state index contributed by atoms with van der Waals surface area (Å²) >= 11 is 0. The Hall–Kier alpha value is -1.25. The van der Waals surface area contributed by atoms with Crippen LogP contribution in [0.4, 0.5) is 13.2 Å². The molecule has 1 rings (SSSR count). The number of carbonyl (C=O) groups is 1. The smallest absolute Gasteiger partial charge is 0.466 e. The van der Waals surface area contributed by atoms with Crippen molar-refractivity contribution in [2.45, 2.75) is 31.7 Å². The molecule has 0 unspecified atom stereocenters. The highest BCUT2D eigenvalue weighted by Crippen LogP contribution is 2.31. The van der Waals surface area contributed by atoms with Gasteiger partial charge in [0, 0.05) is 6.42 Å². The molecule has 0 N–H and O–H groups in total. The fourth-order valence-corrected chi connectivity index (χ4v) is 2.08. The number of carbonyl (C=O) groups excluding carboxylic acids is 1. The third kappa shape index (κ3) is 4.12. The van der Waals surface area contributed by atoms with Crippen LogP contribution in [0.3, 0.4) is 0 Å². The molecule has 1 atom stereocenters. The molecule has 0 amide bonds. The predicted molar refractivity (Wildman–Crippen MR) is 58.1 cm³/mol. The first-order valence-corrected chi connectivity index (χ1v) is 6.94. The zero-order chi connectivity index (χ0) is 14.7. The largest absolute Gasteiger partial charge is 0.534 e. The van der Waals surface area contributed by atoms with Crippen LogP contribution in [-0.2, 0) is 23.8 Å². The molecule has 1 aliphatic carbocycles. The molecule has 110 valence electrons. The Morgan fingerprint density at radius 1 is 1.47 bits per heavy atom. The van der Waals surface area contributed by atoms with Gasteiger partial charge in [0.2, 0.25) is 0 Å². The molecule has 0 aliphatic heterocycles. The Labute approximate surface area is 108 Å². The number of rotatable bonds is 4. The van der Waals surface area contributed by atoms with Gasteiger partial charge in [-0.05, 0) is 25.8 Å². The normalized spacial score (nSPS) is 20.6. The lowest BCUT2D eigenvalue weighted by Crippen LogP contribution is -2.27. The first-order chi connectivity index (χ1) is 8.67. The fraction of sp³-hybridized carbons (Fsp3) is 0.700. The van der Waals surface area contributed by atoms with Crippen LogP contribution in [0.1, 0.15) is 26.2 Å². The Balaban J connectivity index is 2.64. The zero-order valence-corrected chi connectivity index (χ0v) is 10.9. The molecule has 0 heterocycles. The van der Waals surface area contributed by atoms with Crippen molar-refractivity contribution in [3.05, 3.63) is 11.8 Å². The second-order valence-corrected chi connectivity index (χ2v) is 5.41. The van der Waals surface area contributed by atoms with Crippen LogP contribution >= 0.6 is 0 Å². The molecule has 0 aromatic carbocycles. The van der Waals surface area contributed by atoms with E-state index in [1.165, 1.54) is 6.08 Å². The number of alkyl halides is 3. The third-order valence-electron chi connectivity index (χ3n) is 2.49. The molecule has 5 nitrogen and oxygen atoms in total. The van der Waals surface area contributed by atoms with Crippen molar-refractivity contribution < 1.29 is 35.3 Å². The maximum absolute atomic E-state index is 12.1. The number of hydrogen-bond donors (Lipinski definition) is 0. The minimum Gasteiger partial charge on any atom is -0.466 e. The predicted octanol–water partition coefficient (Wildman–Crippen LogP) is 2.10. The van der Waals surface area contributed by atoms with E-state index in [9.17, 15) is 26.4 Å². The van der Waals surface area contributed by atoms with Crippen LogP contribution in [0.2, 0.25) is 0 Å². The zero-order valence-electron chi connectivity index (χ0n) is 10.1. The standard InChI is InChI=1S/C10H13F3O5S/c1-2-17-9(14)7-3-5-8(6-4-7)18-19(15,16)10(11,12)13/h5,7H,2-4,6H2,1H3/t7-/m0/s1. The van der Waals surface area contributed by atoms with Crippen molar-refractivity contribution >= 4 is 16.1 Å². The number of halogens is 3. The van der Waals surface area contributed by atoms with Gasteiger partial charge >= 0.3 is 21.6 Å². The molecule has 1 aliphatic rings. The van der Waals surface area contributed by atoms with Crippen LogP contribution in [0.15, 0.2) is 11.8 Å². The second kappa shape index (κ2) is 5.81. The van der Waals surface area contributed by atoms with E-state index in [0.29, 0.717) is 0 Å². The van der Waals surface area contributed by atoms with E-state index in [-0.39, 0.29) is 31.6 Å². The molecule has 0 spiro atoms. The van der Waals surface area contributed by atoms with Gasteiger partial charge in [-0.25, -0.2) is 0 Å².